The molecule has 0 unspecified atom stereocenters. The van der Waals surface area contributed by atoms with E-state index in [2.05, 4.69) is 10.0 Å². The van der Waals surface area contributed by atoms with Crippen LogP contribution in [0.2, 0.25) is 0 Å². The fraction of sp³-hybridized carbons (Fsp3) is 0.235. The largest absolute Gasteiger partial charge is 0.325 e. The van der Waals surface area contributed by atoms with Gasteiger partial charge < -0.3 is 10.2 Å². The third-order valence-electron chi connectivity index (χ3n) is 3.91. The van der Waals surface area contributed by atoms with E-state index in [0.29, 0.717) is 5.69 Å². The molecule has 2 amide bonds. The first kappa shape index (κ1) is 17.2. The topological polar surface area (TPSA) is 78.5 Å². The van der Waals surface area contributed by atoms with Crippen molar-refractivity contribution in [2.24, 2.45) is 0 Å². The number of nitrogens with zero attached hydrogens (tertiary/aromatic N) is 1. The maximum Gasteiger partial charge on any atom is 0.321 e. The van der Waals surface area contributed by atoms with Gasteiger partial charge in [0.25, 0.3) is 10.0 Å². The molecule has 1 heterocycles. The molecule has 1 saturated heterocycles. The molecule has 3 rings (SSSR count). The molecular weight excluding hydrogens is 345 g/mol. The average molecular weight is 363 g/mol. The lowest BCUT2D eigenvalue weighted by Crippen LogP contribution is -2.32. The molecule has 2 aromatic rings. The number of rotatable bonds is 4. The zero-order valence-corrected chi connectivity index (χ0v) is 14.2. The monoisotopic (exact) mass is 363 g/mol. The van der Waals surface area contributed by atoms with Gasteiger partial charge in [0.15, 0.2) is 0 Å². The zero-order chi connectivity index (χ0) is 17.9. The van der Waals surface area contributed by atoms with Crippen molar-refractivity contribution in [3.8, 4) is 0 Å². The molecule has 1 aliphatic heterocycles. The van der Waals surface area contributed by atoms with E-state index in [4.69, 9.17) is 0 Å². The van der Waals surface area contributed by atoms with Crippen LogP contribution in [0.15, 0.2) is 53.4 Å². The Morgan fingerprint density at radius 3 is 2.08 bits per heavy atom. The number of likely N-dealkylation sites (tertiary alicyclic amines) is 1. The summed E-state index contributed by atoms with van der Waals surface area (Å²) in [7, 11) is -3.78. The first-order valence-corrected chi connectivity index (χ1v) is 9.37. The van der Waals surface area contributed by atoms with Crippen LogP contribution >= 0.6 is 0 Å². The molecule has 2 aromatic carbocycles. The highest BCUT2D eigenvalue weighted by Crippen LogP contribution is 2.19. The van der Waals surface area contributed by atoms with Crippen LogP contribution in [0.4, 0.5) is 20.6 Å². The second-order valence-corrected chi connectivity index (χ2v) is 7.44. The minimum atomic E-state index is -3.78. The van der Waals surface area contributed by atoms with Gasteiger partial charge >= 0.3 is 6.03 Å². The fourth-order valence-electron chi connectivity index (χ4n) is 2.57. The molecular formula is C17H18FN3O3S. The maximum atomic E-state index is 12.9. The normalized spacial score (nSPS) is 14.4. The Hall–Kier alpha value is -2.61. The van der Waals surface area contributed by atoms with Crippen LogP contribution in [0, 0.1) is 5.82 Å². The molecule has 0 aromatic heterocycles. The van der Waals surface area contributed by atoms with Gasteiger partial charge in [-0.1, -0.05) is 0 Å². The molecule has 25 heavy (non-hydrogen) atoms. The van der Waals surface area contributed by atoms with Crippen molar-refractivity contribution < 1.29 is 17.6 Å². The van der Waals surface area contributed by atoms with Crippen LogP contribution in [0.25, 0.3) is 0 Å². The first-order valence-electron chi connectivity index (χ1n) is 7.88. The molecule has 0 saturated carbocycles. The molecule has 1 aliphatic rings. The van der Waals surface area contributed by atoms with E-state index in [1.54, 1.807) is 4.90 Å². The van der Waals surface area contributed by atoms with Crippen LogP contribution in [0.3, 0.4) is 0 Å². The average Bonchev–Trinajstić information content (AvgIpc) is 3.12. The lowest BCUT2D eigenvalue weighted by Gasteiger charge is -2.16. The van der Waals surface area contributed by atoms with Crippen LogP contribution in [0.5, 0.6) is 0 Å². The van der Waals surface area contributed by atoms with Gasteiger partial charge in [0.05, 0.1) is 4.90 Å². The number of benzene rings is 2. The van der Waals surface area contributed by atoms with Gasteiger partial charge in [0.1, 0.15) is 5.82 Å². The summed E-state index contributed by atoms with van der Waals surface area (Å²) in [4.78, 5) is 13.8. The van der Waals surface area contributed by atoms with Crippen molar-refractivity contribution in [1.29, 1.82) is 0 Å². The van der Waals surface area contributed by atoms with Crippen LogP contribution in [0.1, 0.15) is 12.8 Å². The molecule has 0 bridgehead atoms. The van der Waals surface area contributed by atoms with E-state index in [0.717, 1.165) is 25.9 Å². The van der Waals surface area contributed by atoms with Crippen molar-refractivity contribution >= 4 is 27.4 Å². The number of carbonyl (C=O) groups is 1. The smallest absolute Gasteiger partial charge is 0.321 e. The minimum Gasteiger partial charge on any atom is -0.325 e. The second-order valence-electron chi connectivity index (χ2n) is 5.76. The van der Waals surface area contributed by atoms with Crippen molar-refractivity contribution in [3.63, 3.8) is 0 Å². The van der Waals surface area contributed by atoms with Gasteiger partial charge in [-0.2, -0.15) is 0 Å². The number of halogens is 1. The van der Waals surface area contributed by atoms with Gasteiger partial charge in [-0.15, -0.1) is 0 Å². The third-order valence-corrected chi connectivity index (χ3v) is 5.30. The Labute approximate surface area is 145 Å². The van der Waals surface area contributed by atoms with E-state index in [9.17, 15) is 17.6 Å². The molecule has 0 aliphatic carbocycles. The van der Waals surface area contributed by atoms with E-state index in [1.165, 1.54) is 48.5 Å². The summed E-state index contributed by atoms with van der Waals surface area (Å²) >= 11 is 0. The molecule has 6 nitrogen and oxygen atoms in total. The van der Waals surface area contributed by atoms with Crippen LogP contribution in [-0.4, -0.2) is 32.4 Å². The summed E-state index contributed by atoms with van der Waals surface area (Å²) in [5, 5.41) is 2.75. The molecule has 2 N–H and O–H groups in total. The number of hydrogen-bond donors (Lipinski definition) is 2. The number of anilines is 2. The van der Waals surface area contributed by atoms with Gasteiger partial charge in [-0.25, -0.2) is 17.6 Å². The van der Waals surface area contributed by atoms with Crippen molar-refractivity contribution in [2.45, 2.75) is 17.7 Å². The van der Waals surface area contributed by atoms with Crippen molar-refractivity contribution in [1.82, 2.24) is 4.90 Å². The van der Waals surface area contributed by atoms with Crippen LogP contribution < -0.4 is 10.0 Å². The molecule has 0 atom stereocenters. The Morgan fingerprint density at radius 2 is 1.48 bits per heavy atom. The summed E-state index contributed by atoms with van der Waals surface area (Å²) in [5.41, 5.74) is 0.797. The molecule has 0 spiro atoms. The van der Waals surface area contributed by atoms with Crippen molar-refractivity contribution in [2.75, 3.05) is 23.1 Å². The lowest BCUT2D eigenvalue weighted by molar-refractivity contribution is 0.222. The van der Waals surface area contributed by atoms with Gasteiger partial charge in [-0.05, 0) is 61.4 Å². The quantitative estimate of drug-likeness (QED) is 0.875. The Bertz CT molecular complexity index is 846. The van der Waals surface area contributed by atoms with E-state index < -0.39 is 15.8 Å². The SMILES string of the molecule is O=C(Nc1ccc(S(=O)(=O)Nc2ccc(F)cc2)cc1)N1CCCC1. The summed E-state index contributed by atoms with van der Waals surface area (Å²) < 4.78 is 39.9. The minimum absolute atomic E-state index is 0.0518. The van der Waals surface area contributed by atoms with E-state index in [1.807, 2.05) is 0 Å². The number of hydrogen-bond acceptors (Lipinski definition) is 3. The summed E-state index contributed by atoms with van der Waals surface area (Å²) in [6.45, 7) is 1.47. The standard InChI is InChI=1S/C17H18FN3O3S/c18-13-3-5-15(6-4-13)20-25(23,24)16-9-7-14(8-10-16)19-17(22)21-11-1-2-12-21/h3-10,20H,1-2,11-12H2,(H,19,22). The highest BCUT2D eigenvalue weighted by molar-refractivity contribution is 7.92. The Kier molecular flexibility index (Phi) is 4.89. The number of nitrogens with one attached hydrogen (secondary N) is 2. The maximum absolute atomic E-state index is 12.9. The lowest BCUT2D eigenvalue weighted by atomic mass is 10.3. The van der Waals surface area contributed by atoms with E-state index >= 15 is 0 Å². The second kappa shape index (κ2) is 7.10. The molecule has 132 valence electrons. The van der Waals surface area contributed by atoms with Gasteiger partial charge in [0.2, 0.25) is 0 Å². The predicted molar refractivity (Wildman–Crippen MR) is 93.5 cm³/mol. The van der Waals surface area contributed by atoms with Gasteiger partial charge in [0, 0.05) is 24.5 Å². The number of amides is 2. The number of carbonyl (C=O) groups excluding carboxylic acids is 1. The number of sulfonamides is 1. The highest BCUT2D eigenvalue weighted by Gasteiger charge is 2.18. The van der Waals surface area contributed by atoms with E-state index in [-0.39, 0.29) is 16.6 Å². The van der Waals surface area contributed by atoms with Crippen molar-refractivity contribution in [3.05, 3.63) is 54.3 Å². The summed E-state index contributed by atoms with van der Waals surface area (Å²) in [5.74, 6) is -0.443. The third kappa shape index (κ3) is 4.27. The Balaban J connectivity index is 1.68. The zero-order valence-electron chi connectivity index (χ0n) is 13.4. The molecule has 0 radical (unpaired) electrons. The fourth-order valence-corrected chi connectivity index (χ4v) is 3.63. The number of urea groups is 1. The summed E-state index contributed by atoms with van der Waals surface area (Å²) in [6, 6.07) is 10.7. The first-order chi connectivity index (χ1) is 11.9. The van der Waals surface area contributed by atoms with Crippen LogP contribution in [-0.2, 0) is 10.0 Å². The molecule has 1 fully saturated rings. The highest BCUT2D eigenvalue weighted by atomic mass is 32.2. The Morgan fingerprint density at radius 1 is 0.920 bits per heavy atom. The summed E-state index contributed by atoms with van der Waals surface area (Å²) in [6.07, 6.45) is 2.00. The van der Waals surface area contributed by atoms with Gasteiger partial charge in [-0.3, -0.25) is 4.72 Å². The molecule has 8 heteroatoms. The predicted octanol–water partition coefficient (Wildman–Crippen LogP) is 3.25.